The van der Waals surface area contributed by atoms with E-state index in [4.69, 9.17) is 19.4 Å². The first-order valence-corrected chi connectivity index (χ1v) is 12.2. The number of nitrogens with one attached hydrogen (secondary N) is 3. The van der Waals surface area contributed by atoms with E-state index in [0.29, 0.717) is 29.8 Å². The van der Waals surface area contributed by atoms with Gasteiger partial charge >= 0.3 is 18.2 Å². The molecular weight excluding hydrogens is 541 g/mol. The molecule has 1 aliphatic carbocycles. The first-order valence-electron chi connectivity index (χ1n) is 12.2. The Morgan fingerprint density at radius 3 is 2.48 bits per heavy atom. The van der Waals surface area contributed by atoms with E-state index in [1.54, 1.807) is 12.1 Å². The maximum Gasteiger partial charge on any atom is 0.490 e. The van der Waals surface area contributed by atoms with E-state index in [2.05, 4.69) is 20.8 Å². The SMILES string of the molecule is COc1cc(O)c(C=O)c(CCC(=O)Nc2cc([C@H]3CC[C@@H](OC(=O)NC(C)C)C3)[nH]n2)c1.O=C(O)C(F)(F)F. The number of amides is 2. The highest BCUT2D eigenvalue weighted by atomic mass is 19.4. The van der Waals surface area contributed by atoms with Crippen LogP contribution in [0.15, 0.2) is 18.2 Å². The first-order chi connectivity index (χ1) is 18.7. The predicted molar refractivity (Wildman–Crippen MR) is 134 cm³/mol. The molecule has 2 atom stereocenters. The lowest BCUT2D eigenvalue weighted by molar-refractivity contribution is -0.192. The monoisotopic (exact) mass is 572 g/mol. The molecule has 0 bridgehead atoms. The van der Waals surface area contributed by atoms with Crippen molar-refractivity contribution in [2.75, 3.05) is 12.4 Å². The number of carbonyl (C=O) groups is 4. The normalized spacial score (nSPS) is 16.5. The van der Waals surface area contributed by atoms with Gasteiger partial charge in [-0.15, -0.1) is 0 Å². The number of anilines is 1. The highest BCUT2D eigenvalue weighted by Crippen LogP contribution is 2.36. The molecule has 0 aliphatic heterocycles. The number of H-pyrrole nitrogens is 1. The van der Waals surface area contributed by atoms with Gasteiger partial charge in [-0.05, 0) is 51.2 Å². The number of aryl methyl sites for hydroxylation is 1. The number of hydrogen-bond acceptors (Lipinski definition) is 8. The number of aromatic amines is 1. The zero-order chi connectivity index (χ0) is 30.0. The van der Waals surface area contributed by atoms with Gasteiger partial charge in [0.05, 0.1) is 12.7 Å². The molecule has 0 spiro atoms. The summed E-state index contributed by atoms with van der Waals surface area (Å²) in [6.45, 7) is 3.75. The van der Waals surface area contributed by atoms with Crippen LogP contribution in [0.4, 0.5) is 23.8 Å². The number of rotatable bonds is 9. The van der Waals surface area contributed by atoms with Gasteiger partial charge in [-0.2, -0.15) is 18.3 Å². The number of aromatic nitrogens is 2. The van der Waals surface area contributed by atoms with Crippen molar-refractivity contribution in [3.63, 3.8) is 0 Å². The lowest BCUT2D eigenvalue weighted by atomic mass is 10.0. The van der Waals surface area contributed by atoms with Crippen LogP contribution in [0, 0.1) is 0 Å². The molecule has 0 unspecified atom stereocenters. The lowest BCUT2D eigenvalue weighted by Gasteiger charge is -2.14. The molecule has 15 heteroatoms. The van der Waals surface area contributed by atoms with E-state index in [1.165, 1.54) is 13.2 Å². The fraction of sp³-hybridized carbons (Fsp3) is 0.480. The Bertz CT molecular complexity index is 1200. The molecule has 0 radical (unpaired) electrons. The Morgan fingerprint density at radius 1 is 1.23 bits per heavy atom. The van der Waals surface area contributed by atoms with Crippen LogP contribution < -0.4 is 15.4 Å². The summed E-state index contributed by atoms with van der Waals surface area (Å²) in [5, 5.41) is 29.7. The number of alkyl carbamates (subject to hydrolysis) is 1. The van der Waals surface area contributed by atoms with Crippen LogP contribution in [0.25, 0.3) is 0 Å². The molecule has 1 heterocycles. The average Bonchev–Trinajstić information content (AvgIpc) is 3.51. The Balaban J connectivity index is 0.000000708. The van der Waals surface area contributed by atoms with E-state index in [0.717, 1.165) is 18.5 Å². The molecule has 1 aliphatic rings. The van der Waals surface area contributed by atoms with Gasteiger partial charge in [0.25, 0.3) is 0 Å². The Labute approximate surface area is 227 Å². The van der Waals surface area contributed by atoms with Crippen molar-refractivity contribution < 1.29 is 52.0 Å². The van der Waals surface area contributed by atoms with E-state index in [-0.39, 0.29) is 48.1 Å². The highest BCUT2D eigenvalue weighted by Gasteiger charge is 2.38. The molecule has 1 aromatic carbocycles. The van der Waals surface area contributed by atoms with Gasteiger partial charge in [-0.3, -0.25) is 14.7 Å². The van der Waals surface area contributed by atoms with E-state index in [9.17, 15) is 32.7 Å². The van der Waals surface area contributed by atoms with Crippen molar-refractivity contribution in [3.8, 4) is 11.5 Å². The number of aldehydes is 1. The number of phenolic OH excluding ortho intramolecular Hbond substituents is 1. The molecule has 40 heavy (non-hydrogen) atoms. The third-order valence-electron chi connectivity index (χ3n) is 5.80. The minimum Gasteiger partial charge on any atom is -0.507 e. The van der Waals surface area contributed by atoms with E-state index < -0.39 is 18.2 Å². The number of carbonyl (C=O) groups excluding carboxylic acids is 3. The van der Waals surface area contributed by atoms with E-state index >= 15 is 0 Å². The quantitative estimate of drug-likeness (QED) is 0.278. The van der Waals surface area contributed by atoms with Crippen LogP contribution in [-0.2, 0) is 20.7 Å². The summed E-state index contributed by atoms with van der Waals surface area (Å²) in [5.74, 6) is -2.24. The molecule has 12 nitrogen and oxygen atoms in total. The van der Waals surface area contributed by atoms with Gasteiger partial charge in [0.2, 0.25) is 5.91 Å². The molecule has 2 amide bonds. The Morgan fingerprint density at radius 2 is 1.90 bits per heavy atom. The number of halogens is 3. The van der Waals surface area contributed by atoms with Crippen molar-refractivity contribution in [2.24, 2.45) is 0 Å². The first kappa shape index (κ1) is 31.9. The zero-order valence-electron chi connectivity index (χ0n) is 22.0. The second-order valence-corrected chi connectivity index (χ2v) is 9.23. The summed E-state index contributed by atoms with van der Waals surface area (Å²) in [6.07, 6.45) is -2.42. The van der Waals surface area contributed by atoms with Gasteiger partial charge in [0.15, 0.2) is 12.1 Å². The van der Waals surface area contributed by atoms with Crippen LogP contribution in [0.5, 0.6) is 11.5 Å². The summed E-state index contributed by atoms with van der Waals surface area (Å²) < 4.78 is 42.3. The molecule has 1 saturated carbocycles. The van der Waals surface area contributed by atoms with Crippen LogP contribution in [0.3, 0.4) is 0 Å². The van der Waals surface area contributed by atoms with Crippen LogP contribution in [0.2, 0.25) is 0 Å². The molecule has 2 aromatic rings. The number of carboxylic acids is 1. The molecule has 5 N–H and O–H groups in total. The standard InChI is InChI=1S/C23H30N4O6.C2HF3O2/c1-13(2)24-23(31)33-16-6-4-15(9-16)19-11-21(27-26-19)25-22(30)7-5-14-8-17(32-3)10-20(29)18(14)12-28;3-2(4,5)1(6)7/h8,10-13,15-16,29H,4-7,9H2,1-3H3,(H,24,31)(H2,25,26,27,30);(H,6,7)/t15-,16+;/m0./s1. The molecule has 220 valence electrons. The van der Waals surface area contributed by atoms with Crippen LogP contribution in [0.1, 0.15) is 67.1 Å². The number of aromatic hydroxyl groups is 1. The van der Waals surface area contributed by atoms with Gasteiger partial charge in [-0.1, -0.05) is 0 Å². The summed E-state index contributed by atoms with van der Waals surface area (Å²) in [7, 11) is 1.46. The third kappa shape index (κ3) is 9.78. The minimum absolute atomic E-state index is 0.0214. The zero-order valence-corrected chi connectivity index (χ0v) is 22.0. The number of methoxy groups -OCH3 is 1. The van der Waals surface area contributed by atoms with Gasteiger partial charge < -0.3 is 30.3 Å². The summed E-state index contributed by atoms with van der Waals surface area (Å²) in [4.78, 5) is 44.4. The van der Waals surface area contributed by atoms with Crippen molar-refractivity contribution in [3.05, 3.63) is 35.0 Å². The number of phenols is 1. The molecule has 3 rings (SSSR count). The number of aliphatic carboxylic acids is 1. The maximum atomic E-state index is 12.4. The summed E-state index contributed by atoms with van der Waals surface area (Å²) in [6, 6.07) is 4.79. The Hall–Kier alpha value is -4.30. The fourth-order valence-electron chi connectivity index (χ4n) is 3.94. The minimum atomic E-state index is -5.08. The summed E-state index contributed by atoms with van der Waals surface area (Å²) >= 11 is 0. The second kappa shape index (κ2) is 14.2. The van der Waals surface area contributed by atoms with Crippen molar-refractivity contribution in [1.82, 2.24) is 15.5 Å². The average molecular weight is 573 g/mol. The van der Waals surface area contributed by atoms with Crippen LogP contribution in [-0.4, -0.2) is 70.1 Å². The second-order valence-electron chi connectivity index (χ2n) is 9.23. The van der Waals surface area contributed by atoms with Gasteiger partial charge in [-0.25, -0.2) is 9.59 Å². The topological polar surface area (TPSA) is 180 Å². The number of carboxylic acid groups (broad SMARTS) is 1. The van der Waals surface area contributed by atoms with Crippen LogP contribution >= 0.6 is 0 Å². The number of ether oxygens (including phenoxy) is 2. The maximum absolute atomic E-state index is 12.4. The van der Waals surface area contributed by atoms with Gasteiger partial charge in [0, 0.05) is 36.2 Å². The Kier molecular flexibility index (Phi) is 11.3. The fourth-order valence-corrected chi connectivity index (χ4v) is 3.94. The highest BCUT2D eigenvalue weighted by molar-refractivity contribution is 5.90. The van der Waals surface area contributed by atoms with Crippen molar-refractivity contribution in [2.45, 2.75) is 70.2 Å². The van der Waals surface area contributed by atoms with Crippen molar-refractivity contribution in [1.29, 1.82) is 0 Å². The molecule has 0 saturated heterocycles. The third-order valence-corrected chi connectivity index (χ3v) is 5.80. The number of benzene rings is 1. The number of nitrogens with zero attached hydrogens (tertiary/aromatic N) is 1. The largest absolute Gasteiger partial charge is 0.507 e. The smallest absolute Gasteiger partial charge is 0.490 e. The number of hydrogen-bond donors (Lipinski definition) is 5. The predicted octanol–water partition coefficient (Wildman–Crippen LogP) is 3.91. The van der Waals surface area contributed by atoms with E-state index in [1.807, 2.05) is 13.8 Å². The molecule has 1 fully saturated rings. The molecule has 1 aromatic heterocycles. The van der Waals surface area contributed by atoms with Gasteiger partial charge in [0.1, 0.15) is 17.6 Å². The lowest BCUT2D eigenvalue weighted by Crippen LogP contribution is -2.33. The summed E-state index contributed by atoms with van der Waals surface area (Å²) in [5.41, 5.74) is 1.55. The molecular formula is C25H31F3N4O8. The van der Waals surface area contributed by atoms with Crippen molar-refractivity contribution >= 4 is 30.1 Å². The number of alkyl halides is 3.